The first-order chi connectivity index (χ1) is 14.2. The van der Waals surface area contributed by atoms with E-state index in [0.29, 0.717) is 42.4 Å². The predicted molar refractivity (Wildman–Crippen MR) is 125 cm³/mol. The fourth-order valence-electron chi connectivity index (χ4n) is 2.80. The van der Waals surface area contributed by atoms with E-state index in [-0.39, 0.29) is 30.1 Å². The van der Waals surface area contributed by atoms with Crippen LogP contribution in [0.2, 0.25) is 5.02 Å². The summed E-state index contributed by atoms with van der Waals surface area (Å²) in [7, 11) is 1.69. The fourth-order valence-corrected chi connectivity index (χ4v) is 2.92. The number of hydrogen-bond acceptors (Lipinski definition) is 6. The van der Waals surface area contributed by atoms with Gasteiger partial charge in [-0.1, -0.05) is 28.9 Å². The van der Waals surface area contributed by atoms with Crippen LogP contribution in [-0.2, 0) is 6.54 Å². The molecule has 2 N–H and O–H groups in total. The minimum Gasteiger partial charge on any atom is -0.486 e. The van der Waals surface area contributed by atoms with E-state index in [4.69, 9.17) is 25.6 Å². The van der Waals surface area contributed by atoms with Gasteiger partial charge in [0.15, 0.2) is 17.5 Å². The summed E-state index contributed by atoms with van der Waals surface area (Å²) in [5.41, 5.74) is 0.835. The van der Waals surface area contributed by atoms with Crippen molar-refractivity contribution in [1.82, 2.24) is 20.8 Å². The minimum atomic E-state index is -0.122. The van der Waals surface area contributed by atoms with Crippen LogP contribution in [0.1, 0.15) is 5.89 Å². The van der Waals surface area contributed by atoms with E-state index < -0.39 is 0 Å². The number of nitrogens with zero attached hydrogens (tertiary/aromatic N) is 3. The van der Waals surface area contributed by atoms with Crippen molar-refractivity contribution in [3.8, 4) is 22.9 Å². The number of hydrogen-bond donors (Lipinski definition) is 2. The van der Waals surface area contributed by atoms with E-state index in [1.165, 1.54) is 0 Å². The lowest BCUT2D eigenvalue weighted by Crippen LogP contribution is -2.45. The zero-order valence-electron chi connectivity index (χ0n) is 16.2. The second kappa shape index (κ2) is 10.5. The highest BCUT2D eigenvalue weighted by Crippen LogP contribution is 2.30. The first-order valence-corrected chi connectivity index (χ1v) is 9.50. The average molecular weight is 542 g/mol. The second-order valence-electron chi connectivity index (χ2n) is 6.32. The maximum atomic E-state index is 5.93. The van der Waals surface area contributed by atoms with Crippen LogP contribution in [0, 0.1) is 0 Å². The molecule has 0 amide bonds. The van der Waals surface area contributed by atoms with Gasteiger partial charge in [0.25, 0.3) is 0 Å². The van der Waals surface area contributed by atoms with E-state index in [0.717, 1.165) is 17.1 Å². The molecule has 0 fully saturated rings. The molecule has 2 aromatic carbocycles. The summed E-state index contributed by atoms with van der Waals surface area (Å²) in [4.78, 5) is 8.58. The van der Waals surface area contributed by atoms with Crippen LogP contribution < -0.4 is 20.1 Å². The van der Waals surface area contributed by atoms with Gasteiger partial charge in [-0.05, 0) is 36.4 Å². The van der Waals surface area contributed by atoms with Crippen molar-refractivity contribution in [3.05, 3.63) is 59.4 Å². The molecule has 2 heterocycles. The first-order valence-electron chi connectivity index (χ1n) is 9.13. The number of halogens is 2. The number of fused-ring (bicyclic) bond motifs is 1. The molecule has 158 valence electrons. The van der Waals surface area contributed by atoms with Crippen molar-refractivity contribution in [2.75, 3.05) is 20.2 Å². The Morgan fingerprint density at radius 1 is 1.13 bits per heavy atom. The number of ether oxygens (including phenoxy) is 2. The molecule has 1 aliphatic heterocycles. The van der Waals surface area contributed by atoms with Gasteiger partial charge in [0.2, 0.25) is 11.7 Å². The topological polar surface area (TPSA) is 93.8 Å². The third kappa shape index (κ3) is 5.54. The third-order valence-electron chi connectivity index (χ3n) is 4.27. The lowest BCUT2D eigenvalue weighted by Gasteiger charge is -2.27. The normalized spacial score (nSPS) is 15.3. The van der Waals surface area contributed by atoms with E-state index in [9.17, 15) is 0 Å². The van der Waals surface area contributed by atoms with Crippen molar-refractivity contribution in [1.29, 1.82) is 0 Å². The Hall–Kier alpha value is -2.53. The van der Waals surface area contributed by atoms with Crippen molar-refractivity contribution >= 4 is 41.5 Å². The summed E-state index contributed by atoms with van der Waals surface area (Å²) in [5.74, 6) is 3.06. The van der Waals surface area contributed by atoms with Crippen LogP contribution >= 0.6 is 35.6 Å². The van der Waals surface area contributed by atoms with Crippen LogP contribution in [0.15, 0.2) is 58.0 Å². The Morgan fingerprint density at radius 3 is 2.67 bits per heavy atom. The Morgan fingerprint density at radius 2 is 1.90 bits per heavy atom. The predicted octanol–water partition coefficient (Wildman–Crippen LogP) is 3.51. The van der Waals surface area contributed by atoms with Gasteiger partial charge in [0, 0.05) is 17.6 Å². The van der Waals surface area contributed by atoms with Crippen molar-refractivity contribution in [2.24, 2.45) is 4.99 Å². The number of guanidine groups is 1. The molecule has 8 nitrogen and oxygen atoms in total. The van der Waals surface area contributed by atoms with Crippen molar-refractivity contribution in [3.63, 3.8) is 0 Å². The Labute approximate surface area is 196 Å². The largest absolute Gasteiger partial charge is 0.486 e. The summed E-state index contributed by atoms with van der Waals surface area (Å²) in [6.07, 6.45) is -0.122. The fraction of sp³-hybridized carbons (Fsp3) is 0.250. The monoisotopic (exact) mass is 541 g/mol. The highest BCUT2D eigenvalue weighted by Gasteiger charge is 2.20. The number of nitrogens with one attached hydrogen (secondary N) is 2. The summed E-state index contributed by atoms with van der Waals surface area (Å²) in [6.45, 7) is 1.34. The number of aliphatic imine (C=N–C) groups is 1. The third-order valence-corrected chi connectivity index (χ3v) is 4.52. The van der Waals surface area contributed by atoms with Gasteiger partial charge in [-0.2, -0.15) is 4.98 Å². The zero-order chi connectivity index (χ0) is 20.1. The summed E-state index contributed by atoms with van der Waals surface area (Å²) >= 11 is 5.90. The van der Waals surface area contributed by atoms with Gasteiger partial charge in [-0.3, -0.25) is 4.99 Å². The Bertz CT molecular complexity index is 996. The van der Waals surface area contributed by atoms with E-state index in [2.05, 4.69) is 25.8 Å². The van der Waals surface area contributed by atoms with Crippen LogP contribution in [0.25, 0.3) is 11.4 Å². The van der Waals surface area contributed by atoms with Gasteiger partial charge in [0.05, 0.1) is 13.1 Å². The highest BCUT2D eigenvalue weighted by molar-refractivity contribution is 14.0. The van der Waals surface area contributed by atoms with Crippen LogP contribution in [0.4, 0.5) is 0 Å². The van der Waals surface area contributed by atoms with Crippen LogP contribution in [-0.4, -0.2) is 42.4 Å². The van der Waals surface area contributed by atoms with Crippen LogP contribution in [0.5, 0.6) is 11.5 Å². The lowest BCUT2D eigenvalue weighted by atomic mass is 10.2. The maximum absolute atomic E-state index is 5.93. The van der Waals surface area contributed by atoms with Crippen molar-refractivity contribution in [2.45, 2.75) is 12.6 Å². The number of benzene rings is 2. The molecule has 0 saturated heterocycles. The number of para-hydroxylation sites is 2. The van der Waals surface area contributed by atoms with Gasteiger partial charge in [0.1, 0.15) is 12.7 Å². The SMILES string of the molecule is CN=C(NCc1nc(-c2ccc(Cl)cc2)no1)NCC1COc2ccccc2O1.I. The molecule has 1 aromatic heterocycles. The van der Waals surface area contributed by atoms with E-state index in [1.807, 2.05) is 36.4 Å². The molecule has 1 unspecified atom stereocenters. The molecule has 0 saturated carbocycles. The van der Waals surface area contributed by atoms with E-state index >= 15 is 0 Å². The summed E-state index contributed by atoms with van der Waals surface area (Å²) in [5, 5.41) is 11.0. The minimum absolute atomic E-state index is 0. The number of rotatable bonds is 5. The van der Waals surface area contributed by atoms with Gasteiger partial charge in [-0.15, -0.1) is 24.0 Å². The number of aromatic nitrogens is 2. The summed E-state index contributed by atoms with van der Waals surface area (Å²) in [6, 6.07) is 14.9. The van der Waals surface area contributed by atoms with Gasteiger partial charge >= 0.3 is 0 Å². The molecule has 3 aromatic rings. The second-order valence-corrected chi connectivity index (χ2v) is 6.76. The molecule has 0 bridgehead atoms. The molecule has 4 rings (SSSR count). The Kier molecular flexibility index (Phi) is 7.75. The van der Waals surface area contributed by atoms with Gasteiger partial charge in [-0.25, -0.2) is 0 Å². The maximum Gasteiger partial charge on any atom is 0.246 e. The highest BCUT2D eigenvalue weighted by atomic mass is 127. The Balaban J connectivity index is 0.00000256. The molecule has 30 heavy (non-hydrogen) atoms. The van der Waals surface area contributed by atoms with E-state index in [1.54, 1.807) is 19.2 Å². The molecule has 1 atom stereocenters. The quantitative estimate of drug-likeness (QED) is 0.290. The molecule has 0 aliphatic carbocycles. The smallest absolute Gasteiger partial charge is 0.246 e. The van der Waals surface area contributed by atoms with Crippen LogP contribution in [0.3, 0.4) is 0 Å². The standard InChI is InChI=1S/C20H20ClN5O3.HI/c1-22-20(23-10-15-12-27-16-4-2-3-5-17(16)28-15)24-11-18-25-19(26-29-18)13-6-8-14(21)9-7-13;/h2-9,15H,10-12H2,1H3,(H2,22,23,24);1H. The zero-order valence-corrected chi connectivity index (χ0v) is 19.3. The first kappa shape index (κ1) is 22.2. The van der Waals surface area contributed by atoms with Gasteiger partial charge < -0.3 is 24.6 Å². The molecular weight excluding hydrogens is 521 g/mol. The van der Waals surface area contributed by atoms with Crippen molar-refractivity contribution < 1.29 is 14.0 Å². The molecule has 10 heteroatoms. The summed E-state index contributed by atoms with van der Waals surface area (Å²) < 4.78 is 16.9. The molecule has 1 aliphatic rings. The molecule has 0 radical (unpaired) electrons. The average Bonchev–Trinajstić information content (AvgIpc) is 3.23. The molecular formula is C20H21ClIN5O3. The lowest BCUT2D eigenvalue weighted by molar-refractivity contribution is 0.0936. The molecule has 0 spiro atoms.